The highest BCUT2D eigenvalue weighted by Crippen LogP contribution is 2.34. The van der Waals surface area contributed by atoms with Crippen molar-refractivity contribution in [1.82, 2.24) is 19.3 Å². The first-order valence-electron chi connectivity index (χ1n) is 11.2. The smallest absolute Gasteiger partial charge is 0.360 e. The fourth-order valence-corrected chi connectivity index (χ4v) is 4.88. The third kappa shape index (κ3) is 4.66. The monoisotopic (exact) mass is 511 g/mol. The highest BCUT2D eigenvalue weighted by atomic mass is 35.5. The van der Waals surface area contributed by atoms with Crippen molar-refractivity contribution in [1.29, 1.82) is 0 Å². The number of alkyl halides is 3. The second-order valence-electron chi connectivity index (χ2n) is 8.63. The minimum absolute atomic E-state index is 0.0315. The molecule has 1 aromatic carbocycles. The summed E-state index contributed by atoms with van der Waals surface area (Å²) < 4.78 is 62.6. The molecule has 5 rings (SSSR count). The lowest BCUT2D eigenvalue weighted by Gasteiger charge is -2.31. The molecule has 0 N–H and O–H groups in total. The van der Waals surface area contributed by atoms with Crippen molar-refractivity contribution >= 4 is 17.3 Å². The lowest BCUT2D eigenvalue weighted by Crippen LogP contribution is -2.37. The average molecular weight is 512 g/mol. The Kier molecular flexibility index (Phi) is 6.30. The van der Waals surface area contributed by atoms with Gasteiger partial charge in [-0.15, -0.1) is 0 Å². The van der Waals surface area contributed by atoms with E-state index >= 15 is 0 Å². The Labute approximate surface area is 202 Å². The van der Waals surface area contributed by atoms with Gasteiger partial charge in [0.15, 0.2) is 6.23 Å². The predicted molar refractivity (Wildman–Crippen MR) is 120 cm³/mol. The van der Waals surface area contributed by atoms with Gasteiger partial charge in [0.05, 0.1) is 24.0 Å². The Bertz CT molecular complexity index is 1300. The molecule has 2 aliphatic heterocycles. The van der Waals surface area contributed by atoms with E-state index in [2.05, 4.69) is 10.1 Å². The zero-order chi connectivity index (χ0) is 24.7. The molecule has 1 fully saturated rings. The van der Waals surface area contributed by atoms with Crippen LogP contribution < -0.4 is 10.5 Å². The van der Waals surface area contributed by atoms with Crippen molar-refractivity contribution in [3.8, 4) is 0 Å². The van der Waals surface area contributed by atoms with Gasteiger partial charge in [-0.05, 0) is 43.0 Å². The fourth-order valence-electron chi connectivity index (χ4n) is 4.63. The van der Waals surface area contributed by atoms with Crippen LogP contribution in [0.5, 0.6) is 0 Å². The summed E-state index contributed by atoms with van der Waals surface area (Å²) >= 11 is 6.43. The topological polar surface area (TPSA) is 65.2 Å². The van der Waals surface area contributed by atoms with Gasteiger partial charge in [-0.25, -0.2) is 9.37 Å². The van der Waals surface area contributed by atoms with E-state index in [0.29, 0.717) is 49.9 Å². The highest BCUT2D eigenvalue weighted by molar-refractivity contribution is 6.33. The van der Waals surface area contributed by atoms with Crippen LogP contribution in [0.1, 0.15) is 48.1 Å². The van der Waals surface area contributed by atoms with Gasteiger partial charge in [0, 0.05) is 38.0 Å². The number of hydrogen-bond acceptors (Lipinski definition) is 5. The summed E-state index contributed by atoms with van der Waals surface area (Å²) in [6.07, 6.45) is 0.469. The molecule has 1 atom stereocenters. The lowest BCUT2D eigenvalue weighted by molar-refractivity contribution is -0.138. The van der Waals surface area contributed by atoms with Gasteiger partial charge in [0.2, 0.25) is 0 Å². The van der Waals surface area contributed by atoms with Gasteiger partial charge in [-0.2, -0.15) is 23.0 Å². The zero-order valence-electron chi connectivity index (χ0n) is 18.6. The molecule has 2 aromatic heterocycles. The first-order chi connectivity index (χ1) is 16.7. The molecular weight excluding hydrogens is 490 g/mol. The van der Waals surface area contributed by atoms with Crippen LogP contribution in [-0.2, 0) is 30.4 Å². The Morgan fingerprint density at radius 2 is 2.00 bits per heavy atom. The molecule has 35 heavy (non-hydrogen) atoms. The molecular formula is C23H22ClF4N5O2. The van der Waals surface area contributed by atoms with Crippen LogP contribution >= 0.6 is 11.6 Å². The molecule has 0 spiro atoms. The minimum atomic E-state index is -4.59. The Morgan fingerprint density at radius 1 is 1.17 bits per heavy atom. The van der Waals surface area contributed by atoms with Crippen LogP contribution in [0.3, 0.4) is 0 Å². The summed E-state index contributed by atoms with van der Waals surface area (Å²) in [5, 5.41) is 4.31. The van der Waals surface area contributed by atoms with Crippen LogP contribution in [-0.4, -0.2) is 32.5 Å². The molecule has 0 bridgehead atoms. The van der Waals surface area contributed by atoms with Crippen LogP contribution in [0, 0.1) is 5.82 Å². The van der Waals surface area contributed by atoms with E-state index in [1.165, 1.54) is 17.1 Å². The molecule has 1 saturated heterocycles. The Balaban J connectivity index is 1.38. The Morgan fingerprint density at radius 3 is 2.74 bits per heavy atom. The van der Waals surface area contributed by atoms with Crippen LogP contribution in [0.25, 0.3) is 0 Å². The second kappa shape index (κ2) is 9.27. The summed E-state index contributed by atoms with van der Waals surface area (Å²) in [5.41, 5.74) is -0.444. The summed E-state index contributed by atoms with van der Waals surface area (Å²) in [5.74, 6) is -0.125. The maximum atomic E-state index is 13.7. The number of halogens is 5. The van der Waals surface area contributed by atoms with Gasteiger partial charge < -0.3 is 14.2 Å². The largest absolute Gasteiger partial charge is 0.416 e. The zero-order valence-corrected chi connectivity index (χ0v) is 19.3. The predicted octanol–water partition coefficient (Wildman–Crippen LogP) is 4.56. The summed E-state index contributed by atoms with van der Waals surface area (Å²) in [4.78, 5) is 19.1. The van der Waals surface area contributed by atoms with Gasteiger partial charge in [0.1, 0.15) is 16.7 Å². The van der Waals surface area contributed by atoms with Crippen LogP contribution in [0.4, 0.5) is 23.2 Å². The van der Waals surface area contributed by atoms with Crippen LogP contribution in [0.2, 0.25) is 5.02 Å². The van der Waals surface area contributed by atoms with Crippen LogP contribution in [0.15, 0.2) is 35.4 Å². The van der Waals surface area contributed by atoms with E-state index in [4.69, 9.17) is 16.3 Å². The van der Waals surface area contributed by atoms with E-state index in [0.717, 1.165) is 31.0 Å². The molecule has 7 nitrogen and oxygen atoms in total. The summed E-state index contributed by atoms with van der Waals surface area (Å²) in [7, 11) is 0. The van der Waals surface area contributed by atoms with Gasteiger partial charge in [0.25, 0.3) is 5.56 Å². The number of imidazole rings is 1. The molecule has 0 saturated carbocycles. The molecule has 12 heteroatoms. The number of fused-ring (bicyclic) bond motifs is 1. The maximum Gasteiger partial charge on any atom is 0.416 e. The van der Waals surface area contributed by atoms with Crippen molar-refractivity contribution in [3.63, 3.8) is 0 Å². The highest BCUT2D eigenvalue weighted by Gasteiger charge is 2.34. The molecule has 2 aliphatic rings. The molecule has 4 heterocycles. The van der Waals surface area contributed by atoms with E-state index in [1.54, 1.807) is 0 Å². The van der Waals surface area contributed by atoms with Crippen molar-refractivity contribution in [3.05, 3.63) is 74.4 Å². The number of hydrogen-bond donors (Lipinski definition) is 0. The number of benzene rings is 1. The van der Waals surface area contributed by atoms with Gasteiger partial charge in [-0.1, -0.05) is 11.6 Å². The number of anilines is 1. The lowest BCUT2D eigenvalue weighted by atomic mass is 10.0. The molecule has 0 radical (unpaired) electrons. The first-order valence-corrected chi connectivity index (χ1v) is 11.6. The van der Waals surface area contributed by atoms with E-state index in [1.807, 2.05) is 9.47 Å². The van der Waals surface area contributed by atoms with Crippen molar-refractivity contribution < 1.29 is 22.3 Å². The molecule has 3 aromatic rings. The summed E-state index contributed by atoms with van der Waals surface area (Å²) in [6.45, 7) is 1.71. The first kappa shape index (κ1) is 23.8. The Hall–Kier alpha value is -2.92. The fraction of sp³-hybridized carbons (Fsp3) is 0.435. The molecule has 186 valence electrons. The normalized spacial score (nSPS) is 18.5. The van der Waals surface area contributed by atoms with E-state index in [9.17, 15) is 22.4 Å². The van der Waals surface area contributed by atoms with E-state index in [-0.39, 0.29) is 17.0 Å². The molecule has 1 unspecified atom stereocenters. The van der Waals surface area contributed by atoms with Crippen molar-refractivity contribution in [2.75, 3.05) is 18.1 Å². The number of rotatable bonds is 4. The summed E-state index contributed by atoms with van der Waals surface area (Å²) in [6, 6.07) is 2.48. The average Bonchev–Trinajstić information content (AvgIpc) is 3.22. The number of nitrogens with zero attached hydrogens (tertiary/aromatic N) is 5. The van der Waals surface area contributed by atoms with Crippen molar-refractivity contribution in [2.24, 2.45) is 0 Å². The third-order valence-corrected chi connectivity index (χ3v) is 6.74. The SMILES string of the molecule is O=c1c(Cl)c(N2CCn3c(Cc4cc(F)ccc4C(F)(F)F)cnc3C2)cnn1C1CCCCO1. The van der Waals surface area contributed by atoms with Gasteiger partial charge in [-0.3, -0.25) is 4.79 Å². The second-order valence-corrected chi connectivity index (χ2v) is 9.01. The van der Waals surface area contributed by atoms with Crippen molar-refractivity contribution in [2.45, 2.75) is 51.2 Å². The minimum Gasteiger partial charge on any atom is -0.360 e. The molecule has 0 aliphatic carbocycles. The number of aromatic nitrogens is 4. The quantitative estimate of drug-likeness (QED) is 0.480. The molecule has 0 amide bonds. The maximum absolute atomic E-state index is 13.7. The standard InChI is InChI=1S/C23H22ClF4N5O2/c24-21-18(12-30-33(22(21)34)20-3-1-2-8-35-20)31-6-7-32-16(11-29-19(32)13-31)10-14-9-15(25)4-5-17(14)23(26,27)28/h4-5,9,11-12,20H,1-3,6-8,10,13H2. The third-order valence-electron chi connectivity index (χ3n) is 6.39. The number of ether oxygens (including phenoxy) is 1. The van der Waals surface area contributed by atoms with Gasteiger partial charge >= 0.3 is 6.18 Å². The van der Waals surface area contributed by atoms with E-state index < -0.39 is 29.3 Å².